The van der Waals surface area contributed by atoms with Crippen LogP contribution in [0, 0.1) is 17.8 Å². The summed E-state index contributed by atoms with van der Waals surface area (Å²) in [6, 6.07) is 10.1. The van der Waals surface area contributed by atoms with Gasteiger partial charge in [-0.15, -0.1) is 0 Å². The number of hydrogen-bond donors (Lipinski definition) is 1. The van der Waals surface area contributed by atoms with Crippen LogP contribution in [-0.2, 0) is 16.0 Å². The molecule has 3 nitrogen and oxygen atoms in total. The van der Waals surface area contributed by atoms with Crippen molar-refractivity contribution in [2.45, 2.75) is 38.5 Å². The number of amides is 1. The van der Waals surface area contributed by atoms with E-state index in [9.17, 15) is 9.59 Å². The minimum absolute atomic E-state index is 0.0344. The van der Waals surface area contributed by atoms with Gasteiger partial charge in [0.15, 0.2) is 5.78 Å². The van der Waals surface area contributed by atoms with Crippen LogP contribution in [0.3, 0.4) is 0 Å². The number of allylic oxidation sites excluding steroid dienone is 1. The van der Waals surface area contributed by atoms with Gasteiger partial charge in [0.2, 0.25) is 5.91 Å². The van der Waals surface area contributed by atoms with Crippen LogP contribution in [0.2, 0.25) is 0 Å². The number of benzene rings is 1. The lowest BCUT2D eigenvalue weighted by Gasteiger charge is -2.18. The molecule has 1 aliphatic carbocycles. The van der Waals surface area contributed by atoms with E-state index in [0.717, 1.165) is 12.8 Å². The molecule has 1 N–H and O–H groups in total. The van der Waals surface area contributed by atoms with Crippen molar-refractivity contribution in [3.05, 3.63) is 48.0 Å². The topological polar surface area (TPSA) is 46.2 Å². The maximum atomic E-state index is 12.8. The van der Waals surface area contributed by atoms with Gasteiger partial charge in [0, 0.05) is 6.54 Å². The van der Waals surface area contributed by atoms with Crippen LogP contribution in [0.25, 0.3) is 0 Å². The predicted molar refractivity (Wildman–Crippen MR) is 90.9 cm³/mol. The van der Waals surface area contributed by atoms with E-state index in [1.54, 1.807) is 0 Å². The average Bonchev–Trinajstić information content (AvgIpc) is 3.18. The normalized spacial score (nSPS) is 24.6. The van der Waals surface area contributed by atoms with E-state index in [1.807, 2.05) is 18.2 Å². The monoisotopic (exact) mass is 311 g/mol. The maximum absolute atomic E-state index is 12.8. The first-order chi connectivity index (χ1) is 11.1. The molecule has 1 aliphatic heterocycles. The second-order valence-corrected chi connectivity index (χ2v) is 7.00. The van der Waals surface area contributed by atoms with Gasteiger partial charge in [-0.2, -0.15) is 0 Å². The number of carbonyl (C=O) groups is 2. The van der Waals surface area contributed by atoms with Gasteiger partial charge in [0.25, 0.3) is 0 Å². The van der Waals surface area contributed by atoms with Gasteiger partial charge >= 0.3 is 0 Å². The van der Waals surface area contributed by atoms with Crippen LogP contribution in [-0.4, -0.2) is 18.2 Å². The van der Waals surface area contributed by atoms with Gasteiger partial charge in [-0.25, -0.2) is 0 Å². The molecule has 0 bridgehead atoms. The number of Topliss-reactive ketones (excluding diaryl/α,β-unsaturated/α-hetero) is 1. The van der Waals surface area contributed by atoms with E-state index in [1.165, 1.54) is 31.2 Å². The molecule has 1 amide bonds. The smallest absolute Gasteiger partial charge is 0.231 e. The van der Waals surface area contributed by atoms with Crippen molar-refractivity contribution >= 4 is 11.7 Å². The third kappa shape index (κ3) is 3.72. The lowest BCUT2D eigenvalue weighted by molar-refractivity contribution is -0.131. The highest BCUT2D eigenvalue weighted by Gasteiger charge is 2.40. The Morgan fingerprint density at radius 2 is 1.87 bits per heavy atom. The van der Waals surface area contributed by atoms with Gasteiger partial charge < -0.3 is 5.32 Å². The number of rotatable bonds is 6. The van der Waals surface area contributed by atoms with Crippen molar-refractivity contribution < 1.29 is 9.59 Å². The Bertz CT molecular complexity index is 587. The Kier molecular flexibility index (Phi) is 4.94. The van der Waals surface area contributed by atoms with Crippen LogP contribution >= 0.6 is 0 Å². The Labute approximate surface area is 138 Å². The molecular formula is C20H25NO2. The summed E-state index contributed by atoms with van der Waals surface area (Å²) in [6.45, 7) is 4.59. The average molecular weight is 311 g/mol. The minimum Gasteiger partial charge on any atom is -0.355 e. The molecule has 0 aromatic heterocycles. The molecule has 3 heteroatoms. The van der Waals surface area contributed by atoms with E-state index in [-0.39, 0.29) is 17.6 Å². The van der Waals surface area contributed by atoms with Crippen molar-refractivity contribution in [1.29, 1.82) is 0 Å². The van der Waals surface area contributed by atoms with Gasteiger partial charge in [0.05, 0.1) is 0 Å². The zero-order chi connectivity index (χ0) is 16.2. The molecule has 1 saturated carbocycles. The van der Waals surface area contributed by atoms with Crippen LogP contribution in [0.5, 0.6) is 0 Å². The molecule has 2 atom stereocenters. The Morgan fingerprint density at radius 1 is 1.17 bits per heavy atom. The summed E-state index contributed by atoms with van der Waals surface area (Å²) in [4.78, 5) is 25.0. The zero-order valence-electron chi connectivity index (χ0n) is 13.6. The van der Waals surface area contributed by atoms with E-state index in [4.69, 9.17) is 0 Å². The Hall–Kier alpha value is -1.90. The fourth-order valence-corrected chi connectivity index (χ4v) is 4.00. The fourth-order valence-electron chi connectivity index (χ4n) is 4.00. The van der Waals surface area contributed by atoms with E-state index >= 15 is 0 Å². The third-order valence-corrected chi connectivity index (χ3v) is 5.27. The predicted octanol–water partition coefficient (Wildman–Crippen LogP) is 3.30. The van der Waals surface area contributed by atoms with Crippen molar-refractivity contribution in [2.24, 2.45) is 17.8 Å². The van der Waals surface area contributed by atoms with Crippen molar-refractivity contribution in [2.75, 3.05) is 6.54 Å². The molecule has 1 saturated heterocycles. The lowest BCUT2D eigenvalue weighted by Crippen LogP contribution is -2.30. The van der Waals surface area contributed by atoms with Crippen LogP contribution in [0.1, 0.15) is 37.7 Å². The van der Waals surface area contributed by atoms with Crippen molar-refractivity contribution in [3.8, 4) is 0 Å². The number of ketones is 1. The van der Waals surface area contributed by atoms with Gasteiger partial charge in [0.1, 0.15) is 5.92 Å². The molecule has 2 unspecified atom stereocenters. The highest BCUT2D eigenvalue weighted by atomic mass is 16.2. The molecular weight excluding hydrogens is 286 g/mol. The second kappa shape index (κ2) is 7.12. The summed E-state index contributed by atoms with van der Waals surface area (Å²) in [5, 5.41) is 2.87. The van der Waals surface area contributed by atoms with E-state index in [0.29, 0.717) is 18.0 Å². The first-order valence-corrected chi connectivity index (χ1v) is 8.69. The summed E-state index contributed by atoms with van der Waals surface area (Å²) in [6.07, 6.45) is 6.42. The van der Waals surface area contributed by atoms with Crippen LogP contribution < -0.4 is 5.32 Å². The van der Waals surface area contributed by atoms with Crippen LogP contribution in [0.15, 0.2) is 42.5 Å². The van der Waals surface area contributed by atoms with Crippen LogP contribution in [0.4, 0.5) is 0 Å². The quantitative estimate of drug-likeness (QED) is 0.647. The summed E-state index contributed by atoms with van der Waals surface area (Å²) in [5.74, 6) is -0.0818. The fraction of sp³-hybridized carbons (Fsp3) is 0.500. The summed E-state index contributed by atoms with van der Waals surface area (Å²) >= 11 is 0. The largest absolute Gasteiger partial charge is 0.355 e. The highest BCUT2D eigenvalue weighted by molar-refractivity contribution is 6.10. The maximum Gasteiger partial charge on any atom is 0.231 e. The standard InChI is InChI=1S/C20H25NO2/c1-14(11-15-9-5-6-10-15)19(22)18-17(13-21-20(18)23)12-16-7-3-2-4-8-16/h2-4,7-8,15,17-18H,1,5-6,9-13H2,(H,21,23). The first kappa shape index (κ1) is 16.0. The van der Waals surface area contributed by atoms with Gasteiger partial charge in [-0.1, -0.05) is 62.6 Å². The highest BCUT2D eigenvalue weighted by Crippen LogP contribution is 2.32. The molecule has 1 heterocycles. The minimum atomic E-state index is -0.552. The molecule has 0 radical (unpaired) electrons. The molecule has 23 heavy (non-hydrogen) atoms. The molecule has 0 spiro atoms. The third-order valence-electron chi connectivity index (χ3n) is 5.27. The van der Waals surface area contributed by atoms with E-state index < -0.39 is 5.92 Å². The lowest BCUT2D eigenvalue weighted by atomic mass is 9.82. The van der Waals surface area contributed by atoms with Gasteiger partial charge in [-0.05, 0) is 35.8 Å². The molecule has 2 fully saturated rings. The molecule has 3 rings (SSSR count). The molecule has 1 aromatic rings. The summed E-state index contributed by atoms with van der Waals surface area (Å²) < 4.78 is 0. The van der Waals surface area contributed by atoms with Crippen molar-refractivity contribution in [3.63, 3.8) is 0 Å². The number of carbonyl (C=O) groups excluding carboxylic acids is 2. The number of hydrogen-bond acceptors (Lipinski definition) is 2. The molecule has 2 aliphatic rings. The molecule has 1 aromatic carbocycles. The SMILES string of the molecule is C=C(CC1CCCC1)C(=O)C1C(=O)NCC1Cc1ccccc1. The van der Waals surface area contributed by atoms with E-state index in [2.05, 4.69) is 24.0 Å². The van der Waals surface area contributed by atoms with Gasteiger partial charge in [-0.3, -0.25) is 9.59 Å². The summed E-state index contributed by atoms with van der Waals surface area (Å²) in [5.41, 5.74) is 1.82. The Morgan fingerprint density at radius 3 is 2.57 bits per heavy atom. The summed E-state index contributed by atoms with van der Waals surface area (Å²) in [7, 11) is 0. The Balaban J connectivity index is 1.66. The molecule has 122 valence electrons. The number of nitrogens with one attached hydrogen (secondary N) is 1. The van der Waals surface area contributed by atoms with Crippen molar-refractivity contribution in [1.82, 2.24) is 5.32 Å². The first-order valence-electron chi connectivity index (χ1n) is 8.69. The zero-order valence-corrected chi connectivity index (χ0v) is 13.6. The second-order valence-electron chi connectivity index (χ2n) is 7.00.